The van der Waals surface area contributed by atoms with E-state index in [1.165, 1.54) is 11.6 Å². The minimum Gasteiger partial charge on any atom is -0.468 e. The van der Waals surface area contributed by atoms with Crippen LogP contribution < -0.4 is 4.72 Å². The second-order valence-corrected chi connectivity index (χ2v) is 4.70. The summed E-state index contributed by atoms with van der Waals surface area (Å²) in [5.41, 5.74) is 0. The van der Waals surface area contributed by atoms with Crippen LogP contribution in [0.15, 0.2) is 0 Å². The number of rotatable bonds is 6. The average Bonchev–Trinajstić information content (AvgIpc) is 2.21. The Bertz CT molecular complexity index is 355. The Hall–Kier alpha value is -0.870. The maximum absolute atomic E-state index is 11.8. The van der Waals surface area contributed by atoms with Gasteiger partial charge in [0, 0.05) is 6.54 Å². The summed E-state index contributed by atoms with van der Waals surface area (Å²) in [5, 5.41) is 0. The maximum atomic E-state index is 11.8. The smallest absolute Gasteiger partial charge is 0.402 e. The van der Waals surface area contributed by atoms with Gasteiger partial charge in [0.05, 0.1) is 7.11 Å². The molecule has 0 radical (unpaired) electrons. The average molecular weight is 278 g/mol. The van der Waals surface area contributed by atoms with E-state index < -0.39 is 35.4 Å². The molecule has 17 heavy (non-hydrogen) atoms. The van der Waals surface area contributed by atoms with Crippen molar-refractivity contribution >= 4 is 16.2 Å². The van der Waals surface area contributed by atoms with Crippen molar-refractivity contribution in [3.63, 3.8) is 0 Å². The molecule has 0 saturated carbocycles. The molecule has 0 aliphatic heterocycles. The predicted octanol–water partition coefficient (Wildman–Crippen LogP) is -0.122. The second kappa shape index (κ2) is 6.17. The Morgan fingerprint density at radius 2 is 1.94 bits per heavy atom. The van der Waals surface area contributed by atoms with E-state index in [2.05, 4.69) is 4.74 Å². The summed E-state index contributed by atoms with van der Waals surface area (Å²) in [6, 6.07) is 0. The van der Waals surface area contributed by atoms with Gasteiger partial charge in [0.25, 0.3) is 10.2 Å². The summed E-state index contributed by atoms with van der Waals surface area (Å²) in [5.74, 6) is -0.857. The lowest BCUT2D eigenvalue weighted by Gasteiger charge is -2.19. The lowest BCUT2D eigenvalue weighted by atomic mass is 10.6. The number of ether oxygens (including phenoxy) is 1. The Balaban J connectivity index is 4.59. The molecule has 0 aromatic carbocycles. The molecule has 0 rings (SSSR count). The van der Waals surface area contributed by atoms with Crippen LogP contribution in [-0.2, 0) is 19.7 Å². The number of hydrogen-bond donors (Lipinski definition) is 1. The van der Waals surface area contributed by atoms with Crippen molar-refractivity contribution in [2.45, 2.75) is 13.1 Å². The number of halogens is 3. The zero-order valence-electron chi connectivity index (χ0n) is 9.24. The van der Waals surface area contributed by atoms with Crippen LogP contribution in [-0.4, -0.2) is 51.6 Å². The molecular weight excluding hydrogens is 265 g/mol. The highest BCUT2D eigenvalue weighted by molar-refractivity contribution is 7.87. The summed E-state index contributed by atoms with van der Waals surface area (Å²) >= 11 is 0. The van der Waals surface area contributed by atoms with Gasteiger partial charge in [0.15, 0.2) is 0 Å². The van der Waals surface area contributed by atoms with Crippen molar-refractivity contribution in [2.24, 2.45) is 0 Å². The summed E-state index contributed by atoms with van der Waals surface area (Å²) in [4.78, 5) is 10.9. The molecule has 0 aromatic rings. The molecule has 10 heteroatoms. The number of carbonyl (C=O) groups is 1. The molecule has 0 fully saturated rings. The normalized spacial score (nSPS) is 12.8. The van der Waals surface area contributed by atoms with Crippen LogP contribution in [0, 0.1) is 0 Å². The van der Waals surface area contributed by atoms with E-state index in [4.69, 9.17) is 0 Å². The van der Waals surface area contributed by atoms with Crippen LogP contribution >= 0.6 is 0 Å². The van der Waals surface area contributed by atoms with Gasteiger partial charge >= 0.3 is 12.1 Å². The third-order valence-electron chi connectivity index (χ3n) is 1.68. The molecule has 0 saturated heterocycles. The molecule has 6 nitrogen and oxygen atoms in total. The molecule has 0 aromatic heterocycles. The van der Waals surface area contributed by atoms with Gasteiger partial charge in [0.1, 0.15) is 13.1 Å². The second-order valence-electron chi connectivity index (χ2n) is 2.94. The monoisotopic (exact) mass is 278 g/mol. The minimum absolute atomic E-state index is 0.151. The fourth-order valence-electron chi connectivity index (χ4n) is 0.840. The van der Waals surface area contributed by atoms with E-state index >= 15 is 0 Å². The van der Waals surface area contributed by atoms with Gasteiger partial charge in [-0.3, -0.25) is 4.79 Å². The summed E-state index contributed by atoms with van der Waals surface area (Å²) in [7, 11) is -3.30. The van der Waals surface area contributed by atoms with Crippen LogP contribution in [0.3, 0.4) is 0 Å². The van der Waals surface area contributed by atoms with E-state index in [1.54, 1.807) is 0 Å². The van der Waals surface area contributed by atoms with Gasteiger partial charge in [-0.1, -0.05) is 6.92 Å². The van der Waals surface area contributed by atoms with Gasteiger partial charge in [-0.2, -0.15) is 30.6 Å². The summed E-state index contributed by atoms with van der Waals surface area (Å²) in [6.07, 6.45) is -4.66. The van der Waals surface area contributed by atoms with E-state index in [1.807, 2.05) is 0 Å². The fraction of sp³-hybridized carbons (Fsp3) is 0.857. The first-order valence-electron chi connectivity index (χ1n) is 4.50. The third-order valence-corrected chi connectivity index (χ3v) is 3.26. The predicted molar refractivity (Wildman–Crippen MR) is 52.2 cm³/mol. The lowest BCUT2D eigenvalue weighted by molar-refractivity contribution is -0.140. The summed E-state index contributed by atoms with van der Waals surface area (Å²) in [6.45, 7) is -1.09. The number of hydrogen-bond acceptors (Lipinski definition) is 4. The zero-order valence-corrected chi connectivity index (χ0v) is 10.1. The van der Waals surface area contributed by atoms with Crippen LogP contribution in [0.4, 0.5) is 13.2 Å². The standard InChI is InChI=1S/C7H13F3N2O4S/c1-3-12(4-6(13)16-2)17(14,15)11-5-7(8,9)10/h11H,3-5H2,1-2H3. The molecule has 0 atom stereocenters. The van der Waals surface area contributed by atoms with Crippen molar-refractivity contribution < 1.29 is 31.1 Å². The van der Waals surface area contributed by atoms with Crippen molar-refractivity contribution in [2.75, 3.05) is 26.7 Å². The first kappa shape index (κ1) is 16.1. The molecule has 102 valence electrons. The van der Waals surface area contributed by atoms with E-state index in [0.717, 1.165) is 7.11 Å². The van der Waals surface area contributed by atoms with Crippen LogP contribution in [0.5, 0.6) is 0 Å². The molecule has 0 aliphatic rings. The number of nitrogens with zero attached hydrogens (tertiary/aromatic N) is 1. The first-order chi connectivity index (χ1) is 7.62. The van der Waals surface area contributed by atoms with Gasteiger partial charge in [-0.25, -0.2) is 0 Å². The molecule has 0 spiro atoms. The first-order valence-corrected chi connectivity index (χ1v) is 5.94. The van der Waals surface area contributed by atoms with Crippen molar-refractivity contribution in [3.05, 3.63) is 0 Å². The molecular formula is C7H13F3N2O4S. The number of methoxy groups -OCH3 is 1. The Morgan fingerprint density at radius 1 is 1.41 bits per heavy atom. The summed E-state index contributed by atoms with van der Waals surface area (Å²) < 4.78 is 64.4. The molecule has 0 bridgehead atoms. The number of alkyl halides is 3. The highest BCUT2D eigenvalue weighted by Gasteiger charge is 2.32. The molecule has 0 unspecified atom stereocenters. The number of carbonyl (C=O) groups excluding carboxylic acids is 1. The maximum Gasteiger partial charge on any atom is 0.402 e. The van der Waals surface area contributed by atoms with Crippen molar-refractivity contribution in [1.29, 1.82) is 0 Å². The largest absolute Gasteiger partial charge is 0.468 e. The fourth-order valence-corrected chi connectivity index (χ4v) is 1.98. The molecule has 1 N–H and O–H groups in total. The number of likely N-dealkylation sites (N-methyl/N-ethyl adjacent to an activating group) is 1. The topological polar surface area (TPSA) is 75.7 Å². The van der Waals surface area contributed by atoms with Crippen LogP contribution in [0.2, 0.25) is 0 Å². The van der Waals surface area contributed by atoms with Gasteiger partial charge < -0.3 is 4.74 Å². The van der Waals surface area contributed by atoms with Gasteiger partial charge in [0.2, 0.25) is 0 Å². The molecule has 0 heterocycles. The molecule has 0 amide bonds. The highest BCUT2D eigenvalue weighted by Crippen LogP contribution is 2.13. The number of nitrogens with one attached hydrogen (secondary N) is 1. The van der Waals surface area contributed by atoms with E-state index in [-0.39, 0.29) is 6.54 Å². The van der Waals surface area contributed by atoms with Gasteiger partial charge in [-0.05, 0) is 0 Å². The lowest BCUT2D eigenvalue weighted by Crippen LogP contribution is -2.46. The zero-order chi connectivity index (χ0) is 13.7. The highest BCUT2D eigenvalue weighted by atomic mass is 32.2. The van der Waals surface area contributed by atoms with E-state index in [0.29, 0.717) is 4.31 Å². The third kappa shape index (κ3) is 6.44. The molecule has 0 aliphatic carbocycles. The van der Waals surface area contributed by atoms with Gasteiger partial charge in [-0.15, -0.1) is 0 Å². The van der Waals surface area contributed by atoms with Crippen molar-refractivity contribution in [1.82, 2.24) is 9.03 Å². The van der Waals surface area contributed by atoms with Crippen LogP contribution in [0.1, 0.15) is 6.92 Å². The minimum atomic E-state index is -4.66. The quantitative estimate of drug-likeness (QED) is 0.687. The Labute approximate surface area is 96.9 Å². The Morgan fingerprint density at radius 3 is 2.29 bits per heavy atom. The van der Waals surface area contributed by atoms with E-state index in [9.17, 15) is 26.4 Å². The SMILES string of the molecule is CCN(CC(=O)OC)S(=O)(=O)NCC(F)(F)F. The van der Waals surface area contributed by atoms with Crippen molar-refractivity contribution in [3.8, 4) is 0 Å². The van der Waals surface area contributed by atoms with Crippen LogP contribution in [0.25, 0.3) is 0 Å². The number of esters is 1. The Kier molecular flexibility index (Phi) is 5.85.